The van der Waals surface area contributed by atoms with Crippen LogP contribution >= 0.6 is 0 Å². The average molecular weight is 342 g/mol. The van der Waals surface area contributed by atoms with Gasteiger partial charge in [0.15, 0.2) is 0 Å². The zero-order valence-electron chi connectivity index (χ0n) is 14.3. The van der Waals surface area contributed by atoms with Crippen LogP contribution in [0.4, 0.5) is 14.9 Å². The van der Waals surface area contributed by atoms with Crippen molar-refractivity contribution in [2.45, 2.75) is 25.2 Å². The lowest BCUT2D eigenvalue weighted by molar-refractivity contribution is 0.0508. The fraction of sp³-hybridized carbons (Fsp3) is 0.350. The van der Waals surface area contributed by atoms with Crippen molar-refractivity contribution in [3.8, 4) is 0 Å². The monoisotopic (exact) mass is 342 g/mol. The fourth-order valence-corrected chi connectivity index (χ4v) is 3.26. The first-order valence-corrected chi connectivity index (χ1v) is 8.53. The number of hydrogen-bond donors (Lipinski definition) is 2. The van der Waals surface area contributed by atoms with Gasteiger partial charge in [-0.25, -0.2) is 9.18 Å². The Kier molecular flexibility index (Phi) is 5.34. The second-order valence-corrected chi connectivity index (χ2v) is 6.52. The van der Waals surface area contributed by atoms with E-state index in [4.69, 9.17) is 4.74 Å². The molecule has 2 amide bonds. The van der Waals surface area contributed by atoms with Gasteiger partial charge >= 0.3 is 6.03 Å². The van der Waals surface area contributed by atoms with E-state index in [-0.39, 0.29) is 17.3 Å². The molecule has 0 radical (unpaired) electrons. The van der Waals surface area contributed by atoms with E-state index in [0.29, 0.717) is 19.8 Å². The summed E-state index contributed by atoms with van der Waals surface area (Å²) in [7, 11) is 0. The van der Waals surface area contributed by atoms with Crippen molar-refractivity contribution in [2.24, 2.45) is 0 Å². The highest BCUT2D eigenvalue weighted by molar-refractivity contribution is 5.90. The first-order valence-electron chi connectivity index (χ1n) is 8.53. The molecule has 2 N–H and O–H groups in total. The Hall–Kier alpha value is -2.40. The van der Waals surface area contributed by atoms with Crippen molar-refractivity contribution in [3.05, 3.63) is 65.5 Å². The molecular formula is C20H23FN2O2. The zero-order valence-corrected chi connectivity index (χ0v) is 14.3. The minimum absolute atomic E-state index is 0.227. The molecule has 0 aliphatic carbocycles. The summed E-state index contributed by atoms with van der Waals surface area (Å²) in [6, 6.07) is 14.0. The van der Waals surface area contributed by atoms with Crippen molar-refractivity contribution in [1.29, 1.82) is 0 Å². The van der Waals surface area contributed by atoms with Crippen molar-refractivity contribution in [1.82, 2.24) is 5.32 Å². The molecule has 132 valence electrons. The lowest BCUT2D eigenvalue weighted by Gasteiger charge is -2.38. The second-order valence-electron chi connectivity index (χ2n) is 6.52. The molecular weight excluding hydrogens is 319 g/mol. The first kappa shape index (κ1) is 17.4. The van der Waals surface area contributed by atoms with Gasteiger partial charge in [0.05, 0.1) is 0 Å². The zero-order chi connectivity index (χ0) is 17.7. The van der Waals surface area contributed by atoms with Crippen LogP contribution in [0.25, 0.3) is 0 Å². The highest BCUT2D eigenvalue weighted by atomic mass is 19.1. The maximum absolute atomic E-state index is 13.3. The van der Waals surface area contributed by atoms with Crippen molar-refractivity contribution in [2.75, 3.05) is 25.1 Å². The number of urea groups is 1. The van der Waals surface area contributed by atoms with Gasteiger partial charge in [-0.3, -0.25) is 0 Å². The molecule has 0 saturated carbocycles. The molecule has 0 aromatic heterocycles. The van der Waals surface area contributed by atoms with Gasteiger partial charge < -0.3 is 15.4 Å². The van der Waals surface area contributed by atoms with Crippen LogP contribution in [0.1, 0.15) is 24.0 Å². The maximum atomic E-state index is 13.3. The summed E-state index contributed by atoms with van der Waals surface area (Å²) in [6.45, 7) is 3.71. The van der Waals surface area contributed by atoms with E-state index >= 15 is 0 Å². The molecule has 1 fully saturated rings. The van der Waals surface area contributed by atoms with Crippen LogP contribution in [0.3, 0.4) is 0 Å². The minimum Gasteiger partial charge on any atom is -0.381 e. The van der Waals surface area contributed by atoms with Crippen molar-refractivity contribution >= 4 is 11.7 Å². The van der Waals surface area contributed by atoms with Crippen molar-refractivity contribution < 1.29 is 13.9 Å². The van der Waals surface area contributed by atoms with E-state index in [1.54, 1.807) is 0 Å². The summed E-state index contributed by atoms with van der Waals surface area (Å²) in [5.41, 5.74) is 2.61. The third-order valence-corrected chi connectivity index (χ3v) is 4.89. The quantitative estimate of drug-likeness (QED) is 0.882. The topological polar surface area (TPSA) is 50.4 Å². The predicted octanol–water partition coefficient (Wildman–Crippen LogP) is 4.00. The number of anilines is 1. The van der Waals surface area contributed by atoms with Crippen LogP contribution in [-0.2, 0) is 10.2 Å². The summed E-state index contributed by atoms with van der Waals surface area (Å²) in [4.78, 5) is 12.3. The van der Waals surface area contributed by atoms with Crippen molar-refractivity contribution in [3.63, 3.8) is 0 Å². The normalized spacial score (nSPS) is 16.2. The number of nitrogens with one attached hydrogen (secondary N) is 2. The van der Waals surface area contributed by atoms with E-state index in [1.807, 2.05) is 43.3 Å². The molecule has 1 heterocycles. The molecule has 0 spiro atoms. The molecule has 4 nitrogen and oxygen atoms in total. The number of para-hydroxylation sites is 1. The molecule has 3 rings (SSSR count). The van der Waals surface area contributed by atoms with Crippen LogP contribution in [0.5, 0.6) is 0 Å². The fourth-order valence-electron chi connectivity index (χ4n) is 3.26. The molecule has 2 aromatic carbocycles. The van der Waals surface area contributed by atoms with E-state index in [9.17, 15) is 9.18 Å². The number of rotatable bonds is 4. The Bertz CT molecular complexity index is 725. The predicted molar refractivity (Wildman–Crippen MR) is 96.3 cm³/mol. The summed E-state index contributed by atoms with van der Waals surface area (Å²) in [5.74, 6) is -0.254. The van der Waals surface area contributed by atoms with Gasteiger partial charge in [-0.05, 0) is 49.1 Å². The number of hydrogen-bond acceptors (Lipinski definition) is 2. The van der Waals surface area contributed by atoms with E-state index in [0.717, 1.165) is 29.7 Å². The summed E-state index contributed by atoms with van der Waals surface area (Å²) < 4.78 is 18.8. The van der Waals surface area contributed by atoms with Gasteiger partial charge in [0.1, 0.15) is 5.82 Å². The van der Waals surface area contributed by atoms with Gasteiger partial charge in [0, 0.05) is 30.9 Å². The molecule has 0 bridgehead atoms. The number of benzene rings is 2. The lowest BCUT2D eigenvalue weighted by Crippen LogP contribution is -2.45. The van der Waals surface area contributed by atoms with Crippen LogP contribution in [-0.4, -0.2) is 25.8 Å². The van der Waals surface area contributed by atoms with Crippen LogP contribution < -0.4 is 10.6 Å². The smallest absolute Gasteiger partial charge is 0.319 e. The Morgan fingerprint density at radius 3 is 2.48 bits per heavy atom. The molecule has 2 aromatic rings. The standard InChI is InChI=1S/C20H23FN2O2/c1-15-4-2-3-5-18(15)23-19(24)22-14-20(10-12-25-13-11-20)16-6-8-17(21)9-7-16/h2-9H,10-14H2,1H3,(H2,22,23,24). The maximum Gasteiger partial charge on any atom is 0.319 e. The third kappa shape index (κ3) is 4.17. The lowest BCUT2D eigenvalue weighted by atomic mass is 9.74. The summed E-state index contributed by atoms with van der Waals surface area (Å²) >= 11 is 0. The molecule has 25 heavy (non-hydrogen) atoms. The van der Waals surface area contributed by atoms with E-state index < -0.39 is 0 Å². The van der Waals surface area contributed by atoms with Gasteiger partial charge in [0.25, 0.3) is 0 Å². The number of amides is 2. The molecule has 1 aliphatic rings. The van der Waals surface area contributed by atoms with Gasteiger partial charge in [0.2, 0.25) is 0 Å². The van der Waals surface area contributed by atoms with E-state index in [1.165, 1.54) is 12.1 Å². The number of carbonyl (C=O) groups excluding carboxylic acids is 1. The Morgan fingerprint density at radius 1 is 1.12 bits per heavy atom. The number of aryl methyl sites for hydroxylation is 1. The third-order valence-electron chi connectivity index (χ3n) is 4.89. The SMILES string of the molecule is Cc1ccccc1NC(=O)NCC1(c2ccc(F)cc2)CCOCC1. The van der Waals surface area contributed by atoms with E-state index in [2.05, 4.69) is 10.6 Å². The van der Waals surface area contributed by atoms with Gasteiger partial charge in [-0.2, -0.15) is 0 Å². The summed E-state index contributed by atoms with van der Waals surface area (Å²) in [6.07, 6.45) is 1.59. The molecule has 5 heteroatoms. The highest BCUT2D eigenvalue weighted by Gasteiger charge is 2.34. The first-order chi connectivity index (χ1) is 12.1. The van der Waals surface area contributed by atoms with Gasteiger partial charge in [-0.15, -0.1) is 0 Å². The Balaban J connectivity index is 1.70. The minimum atomic E-state index is -0.254. The largest absolute Gasteiger partial charge is 0.381 e. The Morgan fingerprint density at radius 2 is 1.80 bits per heavy atom. The average Bonchev–Trinajstić information content (AvgIpc) is 2.63. The van der Waals surface area contributed by atoms with Crippen LogP contribution in [0.2, 0.25) is 0 Å². The molecule has 0 atom stereocenters. The highest BCUT2D eigenvalue weighted by Crippen LogP contribution is 2.34. The molecule has 1 saturated heterocycles. The number of halogens is 1. The van der Waals surface area contributed by atoms with Crippen LogP contribution in [0.15, 0.2) is 48.5 Å². The molecule has 0 unspecified atom stereocenters. The second kappa shape index (κ2) is 7.66. The van der Waals surface area contributed by atoms with Crippen LogP contribution in [0, 0.1) is 12.7 Å². The number of carbonyl (C=O) groups is 1. The summed E-state index contributed by atoms with van der Waals surface area (Å²) in [5, 5.41) is 5.87. The van der Waals surface area contributed by atoms with Gasteiger partial charge in [-0.1, -0.05) is 30.3 Å². The molecule has 1 aliphatic heterocycles. The Labute approximate surface area is 147 Å². The number of ether oxygens (including phenoxy) is 1.